The quantitative estimate of drug-likeness (QED) is 0.175. The van der Waals surface area contributed by atoms with Crippen molar-refractivity contribution in [2.75, 3.05) is 4.90 Å². The van der Waals surface area contributed by atoms with Crippen LogP contribution in [0.2, 0.25) is 0 Å². The first-order chi connectivity index (χ1) is 23.0. The molecular weight excluding hydrogens is 586 g/mol. The van der Waals surface area contributed by atoms with E-state index >= 15 is 0 Å². The minimum atomic E-state index is -1.16. The molecule has 228 valence electrons. The molecule has 13 rings (SSSR count). The maximum absolute atomic E-state index is 15.0. The zero-order chi connectivity index (χ0) is 31.3. The van der Waals surface area contributed by atoms with E-state index in [-0.39, 0.29) is 53.2 Å². The van der Waals surface area contributed by atoms with Crippen LogP contribution in [0.3, 0.4) is 0 Å². The predicted molar refractivity (Wildman–Crippen MR) is 174 cm³/mol. The summed E-state index contributed by atoms with van der Waals surface area (Å²) < 4.78 is 0. The number of carbonyl (C=O) groups excluding carboxylic acids is 4. The Morgan fingerprint density at radius 2 is 1.23 bits per heavy atom. The lowest BCUT2D eigenvalue weighted by Crippen LogP contribution is -2.55. The fraction of sp³-hybridized carbons (Fsp3) is 0.275. The van der Waals surface area contributed by atoms with Crippen molar-refractivity contribution in [2.45, 2.75) is 17.8 Å². The van der Waals surface area contributed by atoms with E-state index in [4.69, 9.17) is 5.10 Å². The van der Waals surface area contributed by atoms with E-state index in [1.807, 2.05) is 91.0 Å². The number of allylic oxidation sites excluding steroid dienone is 2. The van der Waals surface area contributed by atoms with Crippen LogP contribution in [0.25, 0.3) is 10.8 Å². The molecule has 4 aromatic rings. The average molecular weight is 616 g/mol. The summed E-state index contributed by atoms with van der Waals surface area (Å²) in [5, 5.41) is 7.68. The van der Waals surface area contributed by atoms with Gasteiger partial charge >= 0.3 is 0 Å². The van der Waals surface area contributed by atoms with Gasteiger partial charge in [0.25, 0.3) is 11.8 Å². The lowest BCUT2D eigenvalue weighted by Gasteiger charge is -2.52. The number of anilines is 1. The smallest absolute Gasteiger partial charge is 0.254 e. The highest BCUT2D eigenvalue weighted by Crippen LogP contribution is 2.66. The highest BCUT2D eigenvalue weighted by atomic mass is 16.2. The predicted octanol–water partition coefficient (Wildman–Crippen LogP) is 5.43. The molecule has 0 spiro atoms. The lowest BCUT2D eigenvalue weighted by atomic mass is 9.47. The fourth-order valence-electron chi connectivity index (χ4n) is 10.9. The van der Waals surface area contributed by atoms with Crippen molar-refractivity contribution < 1.29 is 19.2 Å². The Morgan fingerprint density at radius 1 is 0.638 bits per heavy atom. The number of carbonyl (C=O) groups is 4. The summed E-state index contributed by atoms with van der Waals surface area (Å²) in [6, 6.07) is 29.5. The molecule has 2 aliphatic heterocycles. The first kappa shape index (κ1) is 26.0. The molecule has 9 aliphatic rings. The second-order valence-corrected chi connectivity index (χ2v) is 14.4. The van der Waals surface area contributed by atoms with Crippen LogP contribution in [-0.4, -0.2) is 34.9 Å². The number of imide groups is 2. The summed E-state index contributed by atoms with van der Waals surface area (Å²) in [7, 11) is 0. The van der Waals surface area contributed by atoms with Crippen LogP contribution in [0.1, 0.15) is 34.6 Å². The molecule has 4 fully saturated rings. The van der Waals surface area contributed by atoms with E-state index in [2.05, 4.69) is 12.2 Å². The summed E-state index contributed by atoms with van der Waals surface area (Å²) in [6.07, 6.45) is 7.07. The van der Waals surface area contributed by atoms with Crippen molar-refractivity contribution in [2.24, 2.45) is 52.4 Å². The molecule has 7 heteroatoms. The summed E-state index contributed by atoms with van der Waals surface area (Å²) in [4.78, 5) is 59.1. The zero-order valence-corrected chi connectivity index (χ0v) is 25.3. The maximum atomic E-state index is 15.0. The van der Waals surface area contributed by atoms with Gasteiger partial charge < -0.3 is 0 Å². The maximum Gasteiger partial charge on any atom is 0.254 e. The molecule has 0 unspecified atom stereocenters. The number of hydrogen-bond acceptors (Lipinski definition) is 5. The average Bonchev–Trinajstić information content (AvgIpc) is 3.85. The number of nitrogens with zero attached hydrogens (tertiary/aromatic N) is 3. The van der Waals surface area contributed by atoms with Crippen molar-refractivity contribution in [1.82, 2.24) is 5.01 Å². The number of rotatable bonds is 3. The van der Waals surface area contributed by atoms with Crippen molar-refractivity contribution in [3.8, 4) is 0 Å². The van der Waals surface area contributed by atoms with E-state index in [0.717, 1.165) is 44.5 Å². The Labute approximate surface area is 270 Å². The Balaban J connectivity index is 1.10. The van der Waals surface area contributed by atoms with Gasteiger partial charge in [0.2, 0.25) is 11.8 Å². The van der Waals surface area contributed by atoms with Crippen molar-refractivity contribution in [3.05, 3.63) is 125 Å². The second kappa shape index (κ2) is 8.59. The highest BCUT2D eigenvalue weighted by molar-refractivity contribution is 6.27. The Kier molecular flexibility index (Phi) is 4.75. The minimum absolute atomic E-state index is 0.0871. The van der Waals surface area contributed by atoms with Crippen LogP contribution in [0.15, 0.2) is 108 Å². The molecule has 7 aliphatic carbocycles. The fourth-order valence-corrected chi connectivity index (χ4v) is 10.9. The molecule has 2 heterocycles. The third-order valence-corrected chi connectivity index (χ3v) is 12.7. The van der Waals surface area contributed by atoms with Gasteiger partial charge in [0, 0.05) is 17.5 Å². The third-order valence-electron chi connectivity index (χ3n) is 12.7. The largest absolute Gasteiger partial charge is 0.274 e. The summed E-state index contributed by atoms with van der Waals surface area (Å²) in [6.45, 7) is 0. The molecule has 2 saturated heterocycles. The number of amides is 4. The van der Waals surface area contributed by atoms with Gasteiger partial charge in [-0.1, -0.05) is 97.1 Å². The molecule has 4 aromatic carbocycles. The molecule has 7 nitrogen and oxygen atoms in total. The molecule has 4 bridgehead atoms. The topological polar surface area (TPSA) is 87.1 Å². The van der Waals surface area contributed by atoms with Crippen LogP contribution >= 0.6 is 0 Å². The van der Waals surface area contributed by atoms with Gasteiger partial charge in [0.1, 0.15) is 0 Å². The van der Waals surface area contributed by atoms with Gasteiger partial charge in [0.15, 0.2) is 0 Å². The molecule has 47 heavy (non-hydrogen) atoms. The van der Waals surface area contributed by atoms with E-state index in [0.29, 0.717) is 17.5 Å². The molecular formula is C40H29N3O4. The standard InChI is InChI=1S/C40H29N3O4/c44-36-34-31-24-11-3-5-13-28(24)40(29-14-6-4-12-25(29)31,35(34)39(47)42(36)30-15-7-9-20-8-1-2-10-21(20)30)19-41-43-37(45)32-22-16-17-23(27-18-26(22)27)33(32)38(43)46/h1-17,19,22-23,26-27,31-35H,18H2/b41-19-/t22-,23-,26-,27+,31?,32-,33+,34-,35-,40?/m0/s1. The Morgan fingerprint density at radius 3 is 1.91 bits per heavy atom. The van der Waals surface area contributed by atoms with Gasteiger partial charge in [-0.05, 0) is 63.8 Å². The van der Waals surface area contributed by atoms with Crippen molar-refractivity contribution >= 4 is 46.3 Å². The van der Waals surface area contributed by atoms with Gasteiger partial charge in [-0.2, -0.15) is 10.1 Å². The number of hydrazone groups is 1. The minimum Gasteiger partial charge on any atom is -0.274 e. The SMILES string of the molecule is O=C1[C@@H]2[C@H]3C=C[C@@H]([C@@H]4C[C@H]34)[C@@H]2C(=O)N1/N=C\C12c3ccccc3C(c3ccccc31)[C@@H]1C(=O)N(c3cccc4ccccc34)C(=O)[C@H]12. The number of fused-ring (bicyclic) bond motifs is 1. The molecule has 4 amide bonds. The molecule has 8 atom stereocenters. The normalized spacial score (nSPS) is 36.6. The number of hydrogen-bond donors (Lipinski definition) is 0. The monoisotopic (exact) mass is 615 g/mol. The van der Waals surface area contributed by atoms with E-state index in [1.54, 1.807) is 6.21 Å². The van der Waals surface area contributed by atoms with Crippen molar-refractivity contribution in [3.63, 3.8) is 0 Å². The molecule has 0 aromatic heterocycles. The van der Waals surface area contributed by atoms with Crippen LogP contribution in [0.4, 0.5) is 5.69 Å². The van der Waals surface area contributed by atoms with Crippen LogP contribution in [0, 0.1) is 47.3 Å². The first-order valence-electron chi connectivity index (χ1n) is 16.7. The third kappa shape index (κ3) is 2.93. The van der Waals surface area contributed by atoms with Crippen LogP contribution in [-0.2, 0) is 24.6 Å². The summed E-state index contributed by atoms with van der Waals surface area (Å²) >= 11 is 0. The first-order valence-corrected chi connectivity index (χ1v) is 16.7. The molecule has 0 radical (unpaired) electrons. The van der Waals surface area contributed by atoms with E-state index in [1.165, 1.54) is 4.90 Å². The molecule has 2 saturated carbocycles. The lowest BCUT2D eigenvalue weighted by molar-refractivity contribution is -0.140. The summed E-state index contributed by atoms with van der Waals surface area (Å²) in [5.74, 6) is -2.39. The van der Waals surface area contributed by atoms with Crippen molar-refractivity contribution in [1.29, 1.82) is 0 Å². The second-order valence-electron chi connectivity index (χ2n) is 14.4. The van der Waals surface area contributed by atoms with Gasteiger partial charge in [-0.3, -0.25) is 19.2 Å². The van der Waals surface area contributed by atoms with E-state index < -0.39 is 17.3 Å². The van der Waals surface area contributed by atoms with Crippen LogP contribution < -0.4 is 4.90 Å². The van der Waals surface area contributed by atoms with Crippen LogP contribution in [0.5, 0.6) is 0 Å². The van der Waals surface area contributed by atoms with Gasteiger partial charge in [-0.15, -0.1) is 0 Å². The van der Waals surface area contributed by atoms with E-state index in [9.17, 15) is 19.2 Å². The highest BCUT2D eigenvalue weighted by Gasteiger charge is 2.70. The zero-order valence-electron chi connectivity index (χ0n) is 25.3. The number of benzene rings is 4. The Bertz CT molecular complexity index is 2130. The summed E-state index contributed by atoms with van der Waals surface area (Å²) in [5.41, 5.74) is 3.17. The van der Waals surface area contributed by atoms with Gasteiger partial charge in [0.05, 0.1) is 34.8 Å². The Hall–Kier alpha value is -5.17. The van der Waals surface area contributed by atoms with Gasteiger partial charge in [-0.25, -0.2) is 4.90 Å². The molecule has 0 N–H and O–H groups in total.